The van der Waals surface area contributed by atoms with Crippen molar-refractivity contribution in [3.63, 3.8) is 0 Å². The summed E-state index contributed by atoms with van der Waals surface area (Å²) in [7, 11) is 0. The third kappa shape index (κ3) is 8.76. The minimum Gasteiger partial charge on any atom is -0.453 e. The lowest BCUT2D eigenvalue weighted by Crippen LogP contribution is -2.60. The number of carbonyl (C=O) groups excluding carboxylic acids is 1. The second-order valence-electron chi connectivity index (χ2n) is 5.95. The minimum atomic E-state index is -7.62. The first-order valence-corrected chi connectivity index (χ1v) is 7.75. The first-order chi connectivity index (χ1) is 15.4. The first-order valence-electron chi connectivity index (χ1n) is 7.75. The normalized spacial score (nSPS) is 15.2. The maximum atomic E-state index is 13.2. The van der Waals surface area contributed by atoms with Crippen LogP contribution in [-0.4, -0.2) is 61.7 Å². The van der Waals surface area contributed by atoms with Gasteiger partial charge in [0.2, 0.25) is 0 Å². The molecule has 0 N–H and O–H groups in total. The summed E-state index contributed by atoms with van der Waals surface area (Å²) in [5.74, 6) is -1.76. The van der Waals surface area contributed by atoms with Gasteiger partial charge in [-0.05, 0) is 6.92 Å². The van der Waals surface area contributed by atoms with Crippen LogP contribution in [0, 0.1) is 0 Å². The molecule has 214 valence electrons. The molecule has 0 bridgehead atoms. The topological polar surface area (TPSA) is 63.2 Å². The van der Waals surface area contributed by atoms with Crippen LogP contribution in [0.2, 0.25) is 0 Å². The molecule has 0 atom stereocenters. The number of alkyl halides is 17. The summed E-state index contributed by atoms with van der Waals surface area (Å²) < 4.78 is 228. The Balaban J connectivity index is 5.77. The van der Waals surface area contributed by atoms with Crippen LogP contribution in [0.5, 0.6) is 0 Å². The van der Waals surface area contributed by atoms with E-state index < -0.39 is 67.3 Å². The molecule has 0 heterocycles. The van der Waals surface area contributed by atoms with Gasteiger partial charge in [0, 0.05) is 5.57 Å². The zero-order valence-corrected chi connectivity index (χ0v) is 16.3. The molecule has 0 aromatic carbocycles. The van der Waals surface area contributed by atoms with Crippen molar-refractivity contribution in [3.05, 3.63) is 12.2 Å². The number of halogens is 17. The van der Waals surface area contributed by atoms with Crippen molar-refractivity contribution in [1.82, 2.24) is 0 Å². The molecule has 0 rings (SSSR count). The van der Waals surface area contributed by atoms with Gasteiger partial charge in [-0.1, -0.05) is 6.58 Å². The molecule has 0 fully saturated rings. The van der Waals surface area contributed by atoms with Crippen molar-refractivity contribution in [2.75, 3.05) is 6.61 Å². The fraction of sp³-hybridized carbons (Fsp3) is 0.769. The predicted molar refractivity (Wildman–Crippen MR) is 70.8 cm³/mol. The molecule has 0 aliphatic carbocycles. The van der Waals surface area contributed by atoms with Crippen molar-refractivity contribution in [2.45, 2.75) is 56.0 Å². The van der Waals surface area contributed by atoms with Gasteiger partial charge in [-0.15, -0.1) is 13.2 Å². The van der Waals surface area contributed by atoms with E-state index in [4.69, 9.17) is 0 Å². The Morgan fingerprint density at radius 2 is 0.833 bits per heavy atom. The van der Waals surface area contributed by atoms with Crippen LogP contribution in [0.3, 0.4) is 0 Å². The smallest absolute Gasteiger partial charge is 0.453 e. The van der Waals surface area contributed by atoms with Gasteiger partial charge in [0.1, 0.15) is 0 Å². The Morgan fingerprint density at radius 3 is 1.11 bits per heavy atom. The molecule has 0 aliphatic rings. The van der Waals surface area contributed by atoms with E-state index in [-0.39, 0.29) is 0 Å². The fourth-order valence-corrected chi connectivity index (χ4v) is 1.31. The van der Waals surface area contributed by atoms with Crippen LogP contribution in [0.15, 0.2) is 12.2 Å². The third-order valence-corrected chi connectivity index (χ3v) is 2.77. The molecule has 0 saturated carbocycles. The van der Waals surface area contributed by atoms with Gasteiger partial charge < -0.3 is 4.74 Å². The van der Waals surface area contributed by atoms with E-state index in [0.29, 0.717) is 0 Å². The number of hydrogen-bond acceptors (Lipinski definition) is 6. The summed E-state index contributed by atoms with van der Waals surface area (Å²) in [6.45, 7) is 0.962. The zero-order valence-electron chi connectivity index (χ0n) is 16.3. The maximum Gasteiger partial charge on any atom is 0.527 e. The van der Waals surface area contributed by atoms with Crippen LogP contribution < -0.4 is 0 Å². The SMILES string of the molecule is C=C(C)C(=O)OCC(F)(F)OC(F)(F)C(F)(F)OC(F)(F)C(F)(F)OC(F)(F)C(F)(F)OC(F)(F)F. The summed E-state index contributed by atoms with van der Waals surface area (Å²) in [5, 5.41) is 0. The molecule has 0 spiro atoms. The molecule has 0 aliphatic heterocycles. The highest BCUT2D eigenvalue weighted by molar-refractivity contribution is 5.86. The van der Waals surface area contributed by atoms with Gasteiger partial charge in [0.05, 0.1) is 0 Å². The number of hydrogen-bond donors (Lipinski definition) is 0. The van der Waals surface area contributed by atoms with E-state index in [2.05, 4.69) is 16.1 Å². The van der Waals surface area contributed by atoms with Crippen LogP contribution in [0.4, 0.5) is 74.6 Å². The predicted octanol–water partition coefficient (Wildman–Crippen LogP) is 5.84. The van der Waals surface area contributed by atoms with Crippen LogP contribution in [-0.2, 0) is 28.5 Å². The molecule has 0 aromatic heterocycles. The second-order valence-corrected chi connectivity index (χ2v) is 5.95. The van der Waals surface area contributed by atoms with Crippen molar-refractivity contribution in [3.8, 4) is 0 Å². The van der Waals surface area contributed by atoms with Crippen LogP contribution in [0.1, 0.15) is 6.92 Å². The minimum absolute atomic E-state index is 0.670. The first kappa shape index (κ1) is 33.9. The van der Waals surface area contributed by atoms with Crippen molar-refractivity contribution in [1.29, 1.82) is 0 Å². The Kier molecular flexibility index (Phi) is 9.37. The molecule has 0 amide bonds. The van der Waals surface area contributed by atoms with Gasteiger partial charge in [0.15, 0.2) is 6.61 Å². The van der Waals surface area contributed by atoms with Crippen molar-refractivity contribution in [2.24, 2.45) is 0 Å². The molecular weight excluding hydrogens is 575 g/mol. The van der Waals surface area contributed by atoms with Crippen LogP contribution >= 0.6 is 0 Å². The molecular formula is C13H7F17O6. The van der Waals surface area contributed by atoms with E-state index in [1.807, 2.05) is 0 Å². The summed E-state index contributed by atoms with van der Waals surface area (Å²) in [4.78, 5) is 10.9. The van der Waals surface area contributed by atoms with Gasteiger partial charge in [-0.3, -0.25) is 0 Å². The molecule has 0 saturated heterocycles. The fourth-order valence-electron chi connectivity index (χ4n) is 1.31. The van der Waals surface area contributed by atoms with Crippen molar-refractivity contribution < 1.29 is 103 Å². The van der Waals surface area contributed by atoms with E-state index in [0.717, 1.165) is 6.92 Å². The lowest BCUT2D eigenvalue weighted by Gasteiger charge is -2.35. The number of ether oxygens (including phenoxy) is 5. The largest absolute Gasteiger partial charge is 0.527 e. The summed E-state index contributed by atoms with van der Waals surface area (Å²) in [6, 6.07) is 0. The number of carbonyl (C=O) groups is 1. The van der Waals surface area contributed by atoms with Crippen LogP contribution in [0.25, 0.3) is 0 Å². The summed E-state index contributed by atoms with van der Waals surface area (Å²) in [6.07, 6.45) is -56.9. The van der Waals surface area contributed by atoms with Gasteiger partial charge >= 0.3 is 55.1 Å². The highest BCUT2D eigenvalue weighted by atomic mass is 19.4. The lowest BCUT2D eigenvalue weighted by molar-refractivity contribution is -0.580. The van der Waals surface area contributed by atoms with E-state index in [9.17, 15) is 79.4 Å². The number of rotatable bonds is 13. The molecule has 0 aromatic rings. The Morgan fingerprint density at radius 1 is 0.556 bits per heavy atom. The van der Waals surface area contributed by atoms with E-state index >= 15 is 0 Å². The number of esters is 1. The molecule has 0 radical (unpaired) electrons. The quantitative estimate of drug-likeness (QED) is 0.155. The third-order valence-electron chi connectivity index (χ3n) is 2.77. The highest BCUT2D eigenvalue weighted by Gasteiger charge is 2.77. The average molecular weight is 582 g/mol. The zero-order chi connectivity index (χ0) is 29.4. The average Bonchev–Trinajstić information content (AvgIpc) is 2.54. The highest BCUT2D eigenvalue weighted by Crippen LogP contribution is 2.51. The molecule has 0 unspecified atom stereocenters. The van der Waals surface area contributed by atoms with E-state index in [1.165, 1.54) is 14.2 Å². The molecule has 23 heteroatoms. The Labute approximate surface area is 185 Å². The summed E-state index contributed by atoms with van der Waals surface area (Å²) in [5.41, 5.74) is -0.670. The monoisotopic (exact) mass is 582 g/mol. The molecule has 6 nitrogen and oxygen atoms in total. The van der Waals surface area contributed by atoms with E-state index in [1.54, 1.807) is 0 Å². The Bertz CT molecular complexity index is 805. The maximum absolute atomic E-state index is 13.2. The molecule has 36 heavy (non-hydrogen) atoms. The summed E-state index contributed by atoms with van der Waals surface area (Å²) >= 11 is 0. The Hall–Kier alpha value is -2.14. The standard InChI is InChI=1S/C13H7F17O6/c1-4(2)5(31)32-3-6(14,15)33-7(16,17)8(18,19)34-9(20,21)10(22,23)35-11(24,25)12(26,27)36-13(28,29)30/h1,3H2,2H3. The van der Waals surface area contributed by atoms with Crippen molar-refractivity contribution >= 4 is 5.97 Å². The lowest BCUT2D eigenvalue weighted by atomic mass is 10.4. The van der Waals surface area contributed by atoms with Gasteiger partial charge in [-0.2, -0.15) is 61.5 Å². The van der Waals surface area contributed by atoms with Gasteiger partial charge in [0.25, 0.3) is 0 Å². The second kappa shape index (κ2) is 9.96. The van der Waals surface area contributed by atoms with Gasteiger partial charge in [-0.25, -0.2) is 23.7 Å².